The van der Waals surface area contributed by atoms with Gasteiger partial charge in [0.2, 0.25) is 5.91 Å². The molecule has 0 atom stereocenters. The number of carbonyl (C=O) groups excluding carboxylic acids is 1. The van der Waals surface area contributed by atoms with Gasteiger partial charge in [-0.05, 0) is 36.4 Å². The Morgan fingerprint density at radius 2 is 1.96 bits per heavy atom. The zero-order valence-corrected chi connectivity index (χ0v) is 15.8. The van der Waals surface area contributed by atoms with E-state index < -0.39 is 17.6 Å². The van der Waals surface area contributed by atoms with Crippen LogP contribution in [-0.4, -0.2) is 15.5 Å². The average molecular weight is 455 g/mol. The third-order valence-electron chi connectivity index (χ3n) is 3.90. The molecule has 3 aromatic rings. The number of carbonyl (C=O) groups is 1. The van der Waals surface area contributed by atoms with E-state index in [9.17, 15) is 22.8 Å². The number of amides is 1. The molecule has 3 rings (SSSR count). The molecule has 0 radical (unpaired) electrons. The van der Waals surface area contributed by atoms with Gasteiger partial charge in [0.15, 0.2) is 0 Å². The summed E-state index contributed by atoms with van der Waals surface area (Å²) in [6, 6.07) is 9.57. The highest BCUT2D eigenvalue weighted by atomic mass is 79.9. The molecule has 0 saturated carbocycles. The third kappa shape index (κ3) is 4.69. The van der Waals surface area contributed by atoms with Crippen molar-refractivity contribution >= 4 is 38.4 Å². The monoisotopic (exact) mass is 454 g/mol. The Kier molecular flexibility index (Phi) is 5.68. The first-order chi connectivity index (χ1) is 13.2. The van der Waals surface area contributed by atoms with E-state index in [4.69, 9.17) is 0 Å². The summed E-state index contributed by atoms with van der Waals surface area (Å²) >= 11 is 3.29. The van der Waals surface area contributed by atoms with Crippen molar-refractivity contribution in [3.63, 3.8) is 0 Å². The van der Waals surface area contributed by atoms with Gasteiger partial charge in [-0.25, -0.2) is 4.98 Å². The van der Waals surface area contributed by atoms with Crippen molar-refractivity contribution in [1.82, 2.24) is 15.0 Å². The molecule has 0 bridgehead atoms. The maximum atomic E-state index is 12.7. The molecule has 1 aromatic heterocycles. The van der Waals surface area contributed by atoms with E-state index in [0.29, 0.717) is 10.9 Å². The minimum Gasteiger partial charge on any atom is -0.299 e. The summed E-state index contributed by atoms with van der Waals surface area (Å²) < 4.78 is 40.1. The minimum absolute atomic E-state index is 0.0624. The van der Waals surface area contributed by atoms with Crippen molar-refractivity contribution in [2.45, 2.75) is 19.1 Å². The molecule has 0 unspecified atom stereocenters. The maximum Gasteiger partial charge on any atom is 0.416 e. The maximum absolute atomic E-state index is 12.7. The Labute approximate surface area is 165 Å². The fourth-order valence-electron chi connectivity index (χ4n) is 2.49. The predicted octanol–water partition coefficient (Wildman–Crippen LogP) is 3.71. The van der Waals surface area contributed by atoms with E-state index in [1.807, 2.05) is 0 Å². The molecule has 0 saturated heterocycles. The molecule has 0 aliphatic rings. The van der Waals surface area contributed by atoms with Crippen LogP contribution in [0.2, 0.25) is 0 Å². The summed E-state index contributed by atoms with van der Waals surface area (Å²) in [5.41, 5.74) is 4.27. The lowest BCUT2D eigenvalue weighted by Crippen LogP contribution is -2.31. The SMILES string of the molecule is O=C(CCn1cnc2ccc(Br)cc2c1=O)NNc1cccc(C(F)(F)F)c1. The number of hydrogen-bond donors (Lipinski definition) is 2. The third-order valence-corrected chi connectivity index (χ3v) is 4.40. The largest absolute Gasteiger partial charge is 0.416 e. The molecule has 0 spiro atoms. The number of aromatic nitrogens is 2. The van der Waals surface area contributed by atoms with Crippen molar-refractivity contribution in [3.8, 4) is 0 Å². The number of fused-ring (bicyclic) bond motifs is 1. The summed E-state index contributed by atoms with van der Waals surface area (Å²) in [7, 11) is 0. The molecule has 2 aromatic carbocycles. The fourth-order valence-corrected chi connectivity index (χ4v) is 2.85. The van der Waals surface area contributed by atoms with Gasteiger partial charge in [0.25, 0.3) is 5.56 Å². The molecule has 1 heterocycles. The summed E-state index contributed by atoms with van der Waals surface area (Å²) in [5, 5.41) is 0.416. The zero-order valence-electron chi connectivity index (χ0n) is 14.3. The zero-order chi connectivity index (χ0) is 20.3. The first-order valence-corrected chi connectivity index (χ1v) is 8.90. The fraction of sp³-hybridized carbons (Fsp3) is 0.167. The van der Waals surface area contributed by atoms with E-state index in [2.05, 4.69) is 31.8 Å². The lowest BCUT2D eigenvalue weighted by Gasteiger charge is -2.12. The highest BCUT2D eigenvalue weighted by Gasteiger charge is 2.30. The van der Waals surface area contributed by atoms with Gasteiger partial charge in [-0.2, -0.15) is 13.2 Å². The van der Waals surface area contributed by atoms with Crippen molar-refractivity contribution in [1.29, 1.82) is 0 Å². The lowest BCUT2D eigenvalue weighted by atomic mass is 10.2. The van der Waals surface area contributed by atoms with Crippen LogP contribution in [0.1, 0.15) is 12.0 Å². The smallest absolute Gasteiger partial charge is 0.299 e. The molecule has 1 amide bonds. The standard InChI is InChI=1S/C18H14BrF3N4O2/c19-12-4-5-15-14(9-12)17(28)26(10-23-15)7-6-16(27)25-24-13-3-1-2-11(8-13)18(20,21)22/h1-5,8-10,24H,6-7H2,(H,25,27). The van der Waals surface area contributed by atoms with Crippen LogP contribution in [-0.2, 0) is 17.5 Å². The molecule has 0 fully saturated rings. The van der Waals surface area contributed by atoms with Crippen molar-refractivity contribution in [3.05, 3.63) is 69.2 Å². The van der Waals surface area contributed by atoms with E-state index in [-0.39, 0.29) is 24.2 Å². The van der Waals surface area contributed by atoms with Crippen LogP contribution in [0.4, 0.5) is 18.9 Å². The Hall–Kier alpha value is -2.88. The number of aryl methyl sites for hydroxylation is 1. The molecular formula is C18H14BrF3N4O2. The summed E-state index contributed by atoms with van der Waals surface area (Å²) in [4.78, 5) is 28.6. The number of benzene rings is 2. The van der Waals surface area contributed by atoms with Crippen LogP contribution in [0.3, 0.4) is 0 Å². The van der Waals surface area contributed by atoms with Gasteiger partial charge in [-0.1, -0.05) is 22.0 Å². The number of rotatable bonds is 5. The van der Waals surface area contributed by atoms with Crippen LogP contribution in [0.15, 0.2) is 58.1 Å². The van der Waals surface area contributed by atoms with Crippen molar-refractivity contribution in [2.75, 3.05) is 5.43 Å². The number of nitrogens with one attached hydrogen (secondary N) is 2. The van der Waals surface area contributed by atoms with Crippen LogP contribution in [0.25, 0.3) is 10.9 Å². The second-order valence-corrected chi connectivity index (χ2v) is 6.82. The van der Waals surface area contributed by atoms with Gasteiger partial charge in [-0.3, -0.25) is 25.0 Å². The van der Waals surface area contributed by atoms with Crippen LogP contribution in [0, 0.1) is 0 Å². The Bertz CT molecular complexity index is 1080. The van der Waals surface area contributed by atoms with E-state index in [1.54, 1.807) is 18.2 Å². The average Bonchev–Trinajstić information content (AvgIpc) is 2.66. The number of hydrazine groups is 1. The van der Waals surface area contributed by atoms with Crippen LogP contribution in [0.5, 0.6) is 0 Å². The van der Waals surface area contributed by atoms with Gasteiger partial charge in [-0.15, -0.1) is 0 Å². The van der Waals surface area contributed by atoms with Gasteiger partial charge in [0, 0.05) is 17.4 Å². The van der Waals surface area contributed by atoms with Gasteiger partial charge >= 0.3 is 6.18 Å². The number of hydrogen-bond acceptors (Lipinski definition) is 4. The topological polar surface area (TPSA) is 76.0 Å². The number of nitrogens with zero attached hydrogens (tertiary/aromatic N) is 2. The van der Waals surface area contributed by atoms with Crippen LogP contribution >= 0.6 is 15.9 Å². The summed E-state index contributed by atoms with van der Waals surface area (Å²) in [5.74, 6) is -0.487. The first-order valence-electron chi connectivity index (χ1n) is 8.11. The summed E-state index contributed by atoms with van der Waals surface area (Å²) in [6.07, 6.45) is -3.18. The van der Waals surface area contributed by atoms with E-state index in [1.165, 1.54) is 23.0 Å². The number of anilines is 1. The molecule has 6 nitrogen and oxygen atoms in total. The molecule has 0 aliphatic carbocycles. The number of halogens is 4. The second-order valence-electron chi connectivity index (χ2n) is 5.91. The number of alkyl halides is 3. The van der Waals surface area contributed by atoms with Crippen molar-refractivity contribution < 1.29 is 18.0 Å². The molecule has 0 aliphatic heterocycles. The molecule has 146 valence electrons. The highest BCUT2D eigenvalue weighted by Crippen LogP contribution is 2.30. The molecular weight excluding hydrogens is 441 g/mol. The summed E-state index contributed by atoms with van der Waals surface area (Å²) in [6.45, 7) is 0.0738. The highest BCUT2D eigenvalue weighted by molar-refractivity contribution is 9.10. The minimum atomic E-state index is -4.47. The second kappa shape index (κ2) is 8.01. The van der Waals surface area contributed by atoms with Gasteiger partial charge in [0.1, 0.15) is 0 Å². The predicted molar refractivity (Wildman–Crippen MR) is 102 cm³/mol. The molecule has 10 heteroatoms. The van der Waals surface area contributed by atoms with E-state index >= 15 is 0 Å². The molecule has 28 heavy (non-hydrogen) atoms. The van der Waals surface area contributed by atoms with Crippen LogP contribution < -0.4 is 16.4 Å². The lowest BCUT2D eigenvalue weighted by molar-refractivity contribution is -0.137. The Morgan fingerprint density at radius 1 is 1.18 bits per heavy atom. The Morgan fingerprint density at radius 3 is 2.71 bits per heavy atom. The van der Waals surface area contributed by atoms with Gasteiger partial charge in [0.05, 0.1) is 28.5 Å². The molecule has 2 N–H and O–H groups in total. The van der Waals surface area contributed by atoms with E-state index in [0.717, 1.165) is 16.6 Å². The Balaban J connectivity index is 1.61. The van der Waals surface area contributed by atoms with Gasteiger partial charge < -0.3 is 0 Å². The van der Waals surface area contributed by atoms with Crippen molar-refractivity contribution in [2.24, 2.45) is 0 Å². The quantitative estimate of drug-likeness (QED) is 0.576. The first kappa shape index (κ1) is 19.9. The normalized spacial score (nSPS) is 11.4.